The summed E-state index contributed by atoms with van der Waals surface area (Å²) in [5.41, 5.74) is 1.29. The Labute approximate surface area is 138 Å². The van der Waals surface area contributed by atoms with Gasteiger partial charge in [0.25, 0.3) is 0 Å². The van der Waals surface area contributed by atoms with E-state index in [0.29, 0.717) is 0 Å². The summed E-state index contributed by atoms with van der Waals surface area (Å²) >= 11 is 11.3. The molecule has 0 aliphatic carbocycles. The molecule has 0 fully saturated rings. The average molecular weight is 371 g/mol. The lowest BCUT2D eigenvalue weighted by molar-refractivity contribution is 0.669. The quantitative estimate of drug-likeness (QED) is 0.649. The second-order valence-corrected chi connectivity index (χ2v) is 6.95. The third-order valence-electron chi connectivity index (χ3n) is 2.81. The smallest absolute Gasteiger partial charge is 0.0417 e. The van der Waals surface area contributed by atoms with Crippen LogP contribution in [0.1, 0.15) is 18.9 Å². The number of rotatable bonds is 6. The fourth-order valence-electron chi connectivity index (χ4n) is 1.80. The second kappa shape index (κ2) is 8.08. The maximum atomic E-state index is 6.13. The minimum absolute atomic E-state index is 0.781. The van der Waals surface area contributed by atoms with E-state index in [-0.39, 0.29) is 0 Å². The van der Waals surface area contributed by atoms with Gasteiger partial charge in [0, 0.05) is 25.8 Å². The van der Waals surface area contributed by atoms with Crippen LogP contribution in [0.15, 0.2) is 56.7 Å². The van der Waals surface area contributed by atoms with E-state index in [2.05, 4.69) is 58.5 Å². The van der Waals surface area contributed by atoms with Crippen molar-refractivity contribution >= 4 is 39.3 Å². The van der Waals surface area contributed by atoms with Crippen molar-refractivity contribution in [2.75, 3.05) is 6.54 Å². The van der Waals surface area contributed by atoms with E-state index < -0.39 is 0 Å². The summed E-state index contributed by atoms with van der Waals surface area (Å²) < 4.78 is 1.10. The fraction of sp³-hybridized carbons (Fsp3) is 0.250. The van der Waals surface area contributed by atoms with Crippen LogP contribution >= 0.6 is 39.3 Å². The second-order valence-electron chi connectivity index (χ2n) is 4.48. The Hall–Kier alpha value is -0.480. The Bertz CT molecular complexity index is 557. The Kier molecular flexibility index (Phi) is 6.43. The molecule has 106 valence electrons. The highest BCUT2D eigenvalue weighted by molar-refractivity contribution is 9.10. The molecule has 2 aromatic rings. The van der Waals surface area contributed by atoms with Crippen molar-refractivity contribution in [1.82, 2.24) is 5.32 Å². The molecule has 0 heterocycles. The van der Waals surface area contributed by atoms with E-state index >= 15 is 0 Å². The van der Waals surface area contributed by atoms with Crippen LogP contribution in [-0.4, -0.2) is 6.54 Å². The van der Waals surface area contributed by atoms with Crippen LogP contribution in [0.5, 0.6) is 0 Å². The summed E-state index contributed by atoms with van der Waals surface area (Å²) in [5.74, 6) is 0. The van der Waals surface area contributed by atoms with E-state index in [9.17, 15) is 0 Å². The molecule has 2 rings (SSSR count). The molecule has 0 atom stereocenters. The molecule has 0 aliphatic heterocycles. The summed E-state index contributed by atoms with van der Waals surface area (Å²) in [6, 6.07) is 14.4. The van der Waals surface area contributed by atoms with Gasteiger partial charge in [-0.1, -0.05) is 52.3 Å². The van der Waals surface area contributed by atoms with Gasteiger partial charge in [0.15, 0.2) is 0 Å². The summed E-state index contributed by atoms with van der Waals surface area (Å²) in [4.78, 5) is 2.43. The van der Waals surface area contributed by atoms with Crippen LogP contribution in [0.4, 0.5) is 0 Å². The van der Waals surface area contributed by atoms with E-state index in [4.69, 9.17) is 11.6 Å². The van der Waals surface area contributed by atoms with E-state index in [1.807, 2.05) is 12.1 Å². The first-order valence-electron chi connectivity index (χ1n) is 6.61. The Balaban J connectivity index is 2.15. The van der Waals surface area contributed by atoms with Crippen molar-refractivity contribution in [3.63, 3.8) is 0 Å². The first-order valence-corrected chi connectivity index (χ1v) is 8.60. The molecule has 0 aliphatic rings. The third-order valence-corrected chi connectivity index (χ3v) is 4.68. The standard InChI is InChI=1S/C16H17BrClNS/c1-2-9-19-11-12-3-6-14(18)10-16(12)20-15-7-4-13(17)5-8-15/h3-8,10,19H,2,9,11H2,1H3. The normalized spacial score (nSPS) is 10.8. The van der Waals surface area contributed by atoms with Crippen LogP contribution in [0.3, 0.4) is 0 Å². The number of benzene rings is 2. The molecule has 0 unspecified atom stereocenters. The maximum absolute atomic E-state index is 6.13. The lowest BCUT2D eigenvalue weighted by Gasteiger charge is -2.11. The van der Waals surface area contributed by atoms with Gasteiger partial charge >= 0.3 is 0 Å². The van der Waals surface area contributed by atoms with Gasteiger partial charge in [0.2, 0.25) is 0 Å². The molecule has 0 saturated heterocycles. The topological polar surface area (TPSA) is 12.0 Å². The van der Waals surface area contributed by atoms with E-state index in [1.54, 1.807) is 11.8 Å². The van der Waals surface area contributed by atoms with Gasteiger partial charge in [0.05, 0.1) is 0 Å². The molecular formula is C16H17BrClNS. The Morgan fingerprint density at radius 1 is 1.15 bits per heavy atom. The van der Waals surface area contributed by atoms with Crippen molar-refractivity contribution in [1.29, 1.82) is 0 Å². The Morgan fingerprint density at radius 3 is 2.60 bits per heavy atom. The van der Waals surface area contributed by atoms with E-state index in [1.165, 1.54) is 15.4 Å². The fourth-order valence-corrected chi connectivity index (χ4v) is 3.28. The van der Waals surface area contributed by atoms with E-state index in [0.717, 1.165) is 29.0 Å². The highest BCUT2D eigenvalue weighted by Gasteiger charge is 2.05. The van der Waals surface area contributed by atoms with Gasteiger partial charge in [-0.15, -0.1) is 0 Å². The van der Waals surface area contributed by atoms with Gasteiger partial charge in [-0.2, -0.15) is 0 Å². The largest absolute Gasteiger partial charge is 0.313 e. The first kappa shape index (κ1) is 15.9. The Morgan fingerprint density at radius 2 is 1.90 bits per heavy atom. The highest BCUT2D eigenvalue weighted by atomic mass is 79.9. The SMILES string of the molecule is CCCNCc1ccc(Cl)cc1Sc1ccc(Br)cc1. The van der Waals surface area contributed by atoms with Crippen molar-refractivity contribution in [3.8, 4) is 0 Å². The zero-order chi connectivity index (χ0) is 14.4. The summed E-state index contributed by atoms with van der Waals surface area (Å²) in [7, 11) is 0. The number of halogens is 2. The third kappa shape index (κ3) is 4.81. The molecule has 2 aromatic carbocycles. The molecule has 0 amide bonds. The number of hydrogen-bond acceptors (Lipinski definition) is 2. The monoisotopic (exact) mass is 369 g/mol. The maximum Gasteiger partial charge on any atom is 0.0417 e. The zero-order valence-electron chi connectivity index (χ0n) is 11.3. The van der Waals surface area contributed by atoms with Crippen LogP contribution < -0.4 is 5.32 Å². The first-order chi connectivity index (χ1) is 9.69. The van der Waals surface area contributed by atoms with Gasteiger partial charge in [-0.05, 0) is 54.9 Å². The van der Waals surface area contributed by atoms with Gasteiger partial charge in [-0.25, -0.2) is 0 Å². The zero-order valence-corrected chi connectivity index (χ0v) is 14.5. The molecule has 0 radical (unpaired) electrons. The van der Waals surface area contributed by atoms with Crippen LogP contribution in [0, 0.1) is 0 Å². The van der Waals surface area contributed by atoms with Crippen LogP contribution in [0.25, 0.3) is 0 Å². The molecule has 20 heavy (non-hydrogen) atoms. The molecule has 0 bridgehead atoms. The highest BCUT2D eigenvalue weighted by Crippen LogP contribution is 2.33. The van der Waals surface area contributed by atoms with Crippen molar-refractivity contribution in [2.24, 2.45) is 0 Å². The summed E-state index contributed by atoms with van der Waals surface area (Å²) in [6.07, 6.45) is 1.14. The lowest BCUT2D eigenvalue weighted by Crippen LogP contribution is -2.14. The summed E-state index contributed by atoms with van der Waals surface area (Å²) in [5, 5.41) is 4.22. The molecule has 1 nitrogen and oxygen atoms in total. The predicted octanol–water partition coefficient (Wildman–Crippen LogP) is 5.75. The number of hydrogen-bond donors (Lipinski definition) is 1. The minimum Gasteiger partial charge on any atom is -0.313 e. The van der Waals surface area contributed by atoms with Gasteiger partial charge in [0.1, 0.15) is 0 Å². The van der Waals surface area contributed by atoms with Crippen LogP contribution in [-0.2, 0) is 6.54 Å². The molecule has 4 heteroatoms. The summed E-state index contributed by atoms with van der Waals surface area (Å²) in [6.45, 7) is 4.08. The van der Waals surface area contributed by atoms with Crippen LogP contribution in [0.2, 0.25) is 5.02 Å². The van der Waals surface area contributed by atoms with Gasteiger partial charge in [-0.3, -0.25) is 0 Å². The molecule has 0 aromatic heterocycles. The predicted molar refractivity (Wildman–Crippen MR) is 91.7 cm³/mol. The van der Waals surface area contributed by atoms with Crippen molar-refractivity contribution in [3.05, 3.63) is 57.5 Å². The lowest BCUT2D eigenvalue weighted by atomic mass is 10.2. The average Bonchev–Trinajstić information content (AvgIpc) is 2.44. The molecule has 0 saturated carbocycles. The molecule has 0 spiro atoms. The number of nitrogens with one attached hydrogen (secondary N) is 1. The van der Waals surface area contributed by atoms with Crippen molar-refractivity contribution < 1.29 is 0 Å². The van der Waals surface area contributed by atoms with Gasteiger partial charge < -0.3 is 5.32 Å². The molecule has 1 N–H and O–H groups in total. The molecular weight excluding hydrogens is 354 g/mol. The minimum atomic E-state index is 0.781. The van der Waals surface area contributed by atoms with Crippen molar-refractivity contribution in [2.45, 2.75) is 29.7 Å².